The van der Waals surface area contributed by atoms with Gasteiger partial charge in [0.15, 0.2) is 9.90 Å². The van der Waals surface area contributed by atoms with Crippen molar-refractivity contribution in [2.75, 3.05) is 13.1 Å². The number of nitriles is 2. The summed E-state index contributed by atoms with van der Waals surface area (Å²) in [4.78, 5) is 14.4. The van der Waals surface area contributed by atoms with Crippen LogP contribution < -0.4 is 0 Å². The van der Waals surface area contributed by atoms with Gasteiger partial charge in [0, 0.05) is 25.9 Å². The van der Waals surface area contributed by atoms with E-state index in [1.54, 1.807) is 0 Å². The predicted octanol–water partition coefficient (Wildman–Crippen LogP) is 0.659. The zero-order valence-corrected chi connectivity index (χ0v) is 11.8. The molecule has 0 radical (unpaired) electrons. The summed E-state index contributed by atoms with van der Waals surface area (Å²) in [5.74, 6) is -1.44. The van der Waals surface area contributed by atoms with Gasteiger partial charge < -0.3 is 5.11 Å². The predicted molar refractivity (Wildman–Crippen MR) is 68.3 cm³/mol. The smallest absolute Gasteiger partial charge is 0.356 e. The Kier molecular flexibility index (Phi) is 5.58. The van der Waals surface area contributed by atoms with Gasteiger partial charge >= 0.3 is 5.97 Å². The molecule has 0 fully saturated rings. The van der Waals surface area contributed by atoms with Crippen molar-refractivity contribution in [3.05, 3.63) is 11.2 Å². The van der Waals surface area contributed by atoms with Gasteiger partial charge in [-0.15, -0.1) is 11.3 Å². The average molecular weight is 314 g/mol. The minimum atomic E-state index is -4.07. The Labute approximate surface area is 119 Å². The lowest BCUT2D eigenvalue weighted by molar-refractivity contribution is 0.0687. The third-order valence-corrected chi connectivity index (χ3v) is 5.50. The third-order valence-electron chi connectivity index (χ3n) is 2.26. The van der Waals surface area contributed by atoms with E-state index in [4.69, 9.17) is 15.6 Å². The zero-order chi connectivity index (χ0) is 15.2. The van der Waals surface area contributed by atoms with Crippen LogP contribution in [0.2, 0.25) is 0 Å². The molecule has 1 rings (SSSR count). The van der Waals surface area contributed by atoms with Crippen molar-refractivity contribution >= 4 is 27.3 Å². The molecule has 1 heterocycles. The standard InChI is InChI=1S/C10H10N4O4S2/c11-3-1-5-14(6-2-4-12)20(17,18)10-8(9(15)16)13-7-19-10/h7H,1-2,5-6H2,(H,15,16). The quantitative estimate of drug-likeness (QED) is 0.780. The van der Waals surface area contributed by atoms with Gasteiger partial charge in [0.2, 0.25) is 0 Å². The molecular formula is C10H10N4O4S2. The topological polar surface area (TPSA) is 135 Å². The fourth-order valence-electron chi connectivity index (χ4n) is 1.38. The molecule has 0 aliphatic carbocycles. The summed E-state index contributed by atoms with van der Waals surface area (Å²) in [5, 5.41) is 26.0. The third kappa shape index (κ3) is 3.51. The number of thiazole rings is 1. The minimum Gasteiger partial charge on any atom is -0.476 e. The van der Waals surface area contributed by atoms with Crippen LogP contribution in [0.4, 0.5) is 0 Å². The van der Waals surface area contributed by atoms with Crippen molar-refractivity contribution in [1.82, 2.24) is 9.29 Å². The summed E-state index contributed by atoms with van der Waals surface area (Å²) in [6.07, 6.45) is -0.0995. The first-order valence-corrected chi connectivity index (χ1v) is 7.68. The molecule has 0 aliphatic rings. The number of carbonyl (C=O) groups is 1. The van der Waals surface area contributed by atoms with Crippen LogP contribution in [0.5, 0.6) is 0 Å². The summed E-state index contributed by atoms with van der Waals surface area (Å²) in [6.45, 7) is -0.199. The monoisotopic (exact) mass is 314 g/mol. The summed E-state index contributed by atoms with van der Waals surface area (Å²) >= 11 is 0.693. The van der Waals surface area contributed by atoms with E-state index in [0.29, 0.717) is 11.3 Å². The van der Waals surface area contributed by atoms with Gasteiger partial charge in [-0.1, -0.05) is 0 Å². The van der Waals surface area contributed by atoms with Crippen LogP contribution in [0.3, 0.4) is 0 Å². The molecule has 8 nitrogen and oxygen atoms in total. The Balaban J connectivity index is 3.15. The van der Waals surface area contributed by atoms with E-state index < -0.39 is 21.7 Å². The molecule has 0 saturated heterocycles. The minimum absolute atomic E-state index is 0.0497. The highest BCUT2D eigenvalue weighted by atomic mass is 32.2. The van der Waals surface area contributed by atoms with Crippen molar-refractivity contribution in [2.24, 2.45) is 0 Å². The number of rotatable bonds is 7. The normalized spacial score (nSPS) is 10.9. The van der Waals surface area contributed by atoms with E-state index in [9.17, 15) is 13.2 Å². The number of carboxylic acid groups (broad SMARTS) is 1. The number of aromatic carboxylic acids is 1. The molecule has 0 aliphatic heterocycles. The van der Waals surface area contributed by atoms with Gasteiger partial charge in [0.1, 0.15) is 0 Å². The van der Waals surface area contributed by atoms with Crippen LogP contribution in [0.25, 0.3) is 0 Å². The molecule has 1 aromatic rings. The van der Waals surface area contributed by atoms with Crippen LogP contribution in [0.1, 0.15) is 23.3 Å². The number of aromatic nitrogens is 1. The molecule has 0 atom stereocenters. The van der Waals surface area contributed by atoms with Crippen LogP contribution >= 0.6 is 11.3 Å². The van der Waals surface area contributed by atoms with Gasteiger partial charge in [0.25, 0.3) is 10.0 Å². The number of hydrogen-bond acceptors (Lipinski definition) is 7. The Morgan fingerprint density at radius 2 is 1.90 bits per heavy atom. The number of nitrogens with zero attached hydrogens (tertiary/aromatic N) is 4. The first-order chi connectivity index (χ1) is 9.45. The first kappa shape index (κ1) is 16.0. The van der Waals surface area contributed by atoms with Crippen molar-refractivity contribution in [3.63, 3.8) is 0 Å². The molecule has 0 saturated carbocycles. The second-order valence-corrected chi connectivity index (χ2v) is 6.50. The van der Waals surface area contributed by atoms with Crippen LogP contribution in [-0.4, -0.2) is 41.9 Å². The van der Waals surface area contributed by atoms with Gasteiger partial charge in [-0.05, 0) is 0 Å². The molecule has 0 spiro atoms. The molecular weight excluding hydrogens is 304 g/mol. The fourth-order valence-corrected chi connectivity index (χ4v) is 4.10. The van der Waals surface area contributed by atoms with Gasteiger partial charge in [-0.25, -0.2) is 18.2 Å². The molecule has 10 heteroatoms. The van der Waals surface area contributed by atoms with Crippen LogP contribution in [0.15, 0.2) is 9.72 Å². The molecule has 0 amide bonds. The van der Waals surface area contributed by atoms with Crippen molar-refractivity contribution in [2.45, 2.75) is 17.1 Å². The lowest BCUT2D eigenvalue weighted by Gasteiger charge is -2.18. The largest absolute Gasteiger partial charge is 0.476 e. The highest BCUT2D eigenvalue weighted by Crippen LogP contribution is 2.24. The fraction of sp³-hybridized carbons (Fsp3) is 0.400. The lowest BCUT2D eigenvalue weighted by atomic mass is 10.4. The van der Waals surface area contributed by atoms with Crippen molar-refractivity contribution in [3.8, 4) is 12.1 Å². The molecule has 106 valence electrons. The van der Waals surface area contributed by atoms with E-state index in [-0.39, 0.29) is 30.1 Å². The van der Waals surface area contributed by atoms with Gasteiger partial charge in [-0.3, -0.25) is 0 Å². The second-order valence-electron chi connectivity index (χ2n) is 3.51. The zero-order valence-electron chi connectivity index (χ0n) is 10.2. The molecule has 20 heavy (non-hydrogen) atoms. The molecule has 0 unspecified atom stereocenters. The van der Waals surface area contributed by atoms with E-state index in [2.05, 4.69) is 4.98 Å². The van der Waals surface area contributed by atoms with Crippen LogP contribution in [-0.2, 0) is 10.0 Å². The maximum Gasteiger partial charge on any atom is 0.356 e. The Bertz CT molecular complexity index is 650. The molecule has 1 aromatic heterocycles. The molecule has 0 bridgehead atoms. The highest BCUT2D eigenvalue weighted by molar-refractivity contribution is 7.91. The second kappa shape index (κ2) is 6.96. The maximum absolute atomic E-state index is 12.3. The van der Waals surface area contributed by atoms with Crippen LogP contribution in [0, 0.1) is 22.7 Å². The Morgan fingerprint density at radius 1 is 1.35 bits per heavy atom. The summed E-state index contributed by atoms with van der Waals surface area (Å²) in [6, 6.07) is 3.62. The van der Waals surface area contributed by atoms with E-state index in [0.717, 1.165) is 9.82 Å². The Hall–Kier alpha value is -2.01. The van der Waals surface area contributed by atoms with Gasteiger partial charge in [0.05, 0.1) is 17.6 Å². The molecule has 0 aromatic carbocycles. The number of carboxylic acids is 1. The first-order valence-electron chi connectivity index (χ1n) is 5.36. The van der Waals surface area contributed by atoms with Gasteiger partial charge in [-0.2, -0.15) is 14.8 Å². The SMILES string of the molecule is N#CCCN(CCC#N)S(=O)(=O)c1scnc1C(=O)O. The highest BCUT2D eigenvalue weighted by Gasteiger charge is 2.31. The lowest BCUT2D eigenvalue weighted by Crippen LogP contribution is -2.33. The van der Waals surface area contributed by atoms with E-state index in [1.807, 2.05) is 12.1 Å². The average Bonchev–Trinajstić information content (AvgIpc) is 2.88. The Morgan fingerprint density at radius 3 is 2.35 bits per heavy atom. The summed E-state index contributed by atoms with van der Waals surface area (Å²) in [7, 11) is -4.07. The number of hydrogen-bond donors (Lipinski definition) is 1. The maximum atomic E-state index is 12.3. The number of sulfonamides is 1. The summed E-state index contributed by atoms with van der Waals surface area (Å²) < 4.78 is 25.2. The summed E-state index contributed by atoms with van der Waals surface area (Å²) in [5.41, 5.74) is 0.581. The van der Waals surface area contributed by atoms with E-state index in [1.165, 1.54) is 0 Å². The molecule has 1 N–H and O–H groups in total. The van der Waals surface area contributed by atoms with Crippen molar-refractivity contribution < 1.29 is 18.3 Å². The van der Waals surface area contributed by atoms with Crippen molar-refractivity contribution in [1.29, 1.82) is 10.5 Å². The van der Waals surface area contributed by atoms with E-state index >= 15 is 0 Å².